The van der Waals surface area contributed by atoms with E-state index in [1.54, 1.807) is 25.1 Å². The van der Waals surface area contributed by atoms with Gasteiger partial charge in [0, 0.05) is 0 Å². The zero-order chi connectivity index (χ0) is 16.2. The van der Waals surface area contributed by atoms with Crippen molar-refractivity contribution in [2.45, 2.75) is 17.4 Å². The first kappa shape index (κ1) is 16.0. The molecule has 5 nitrogen and oxygen atoms in total. The highest BCUT2D eigenvalue weighted by Gasteiger charge is 2.19. The zero-order valence-corrected chi connectivity index (χ0v) is 14.4. The van der Waals surface area contributed by atoms with Gasteiger partial charge in [0.05, 0.1) is 20.8 Å². The van der Waals surface area contributed by atoms with Crippen molar-refractivity contribution < 1.29 is 9.21 Å². The summed E-state index contributed by atoms with van der Waals surface area (Å²) in [6.07, 6.45) is 0. The van der Waals surface area contributed by atoms with Gasteiger partial charge in [0.2, 0.25) is 5.91 Å². The monoisotopic (exact) mass is 365 g/mol. The van der Waals surface area contributed by atoms with Crippen LogP contribution in [0, 0.1) is 0 Å². The van der Waals surface area contributed by atoms with Gasteiger partial charge in [-0.05, 0) is 30.5 Å². The van der Waals surface area contributed by atoms with Crippen LogP contribution in [0.1, 0.15) is 6.92 Å². The van der Waals surface area contributed by atoms with Crippen LogP contribution in [-0.2, 0) is 4.79 Å². The average molecular weight is 366 g/mol. The lowest BCUT2D eigenvalue weighted by molar-refractivity contribution is -0.115. The molecule has 1 atom stereocenters. The first-order valence-corrected chi connectivity index (χ1v) is 8.86. The third-order valence-corrected chi connectivity index (χ3v) is 5.04. The number of halogens is 1. The summed E-state index contributed by atoms with van der Waals surface area (Å²) in [7, 11) is 0. The lowest BCUT2D eigenvalue weighted by Crippen LogP contribution is -2.22. The van der Waals surface area contributed by atoms with E-state index in [4.69, 9.17) is 16.0 Å². The Bertz CT molecular complexity index is 805. The Balaban J connectivity index is 1.64. The normalized spacial score (nSPS) is 12.1. The highest BCUT2D eigenvalue weighted by molar-refractivity contribution is 8.00. The number of anilines is 1. The molecule has 2 aromatic heterocycles. The molecule has 0 bridgehead atoms. The first-order chi connectivity index (χ1) is 11.1. The molecule has 1 N–H and O–H groups in total. The van der Waals surface area contributed by atoms with E-state index in [0.29, 0.717) is 21.8 Å². The molecule has 0 saturated heterocycles. The molecule has 0 spiro atoms. The van der Waals surface area contributed by atoms with Crippen LogP contribution < -0.4 is 5.32 Å². The summed E-state index contributed by atoms with van der Waals surface area (Å²) in [6, 6.07) is 10.9. The maximum absolute atomic E-state index is 12.2. The standard InChI is InChI=1S/C15H12ClN3O2S2/c1-9(13(20)17-11-6-3-2-5-10(11)16)23-15-19-18-14(21-15)12-7-4-8-22-12/h2-9H,1H3,(H,17,20). The SMILES string of the molecule is CC(Sc1nnc(-c2cccs2)o1)C(=O)Nc1ccccc1Cl. The van der Waals surface area contributed by atoms with Crippen molar-refractivity contribution in [1.29, 1.82) is 0 Å². The predicted octanol–water partition coefficient (Wildman–Crippen LogP) is 4.57. The molecular weight excluding hydrogens is 354 g/mol. The number of carbonyl (C=O) groups is 1. The molecule has 0 aliphatic carbocycles. The van der Waals surface area contributed by atoms with Gasteiger partial charge in [0.25, 0.3) is 11.1 Å². The predicted molar refractivity (Wildman–Crippen MR) is 93.0 cm³/mol. The van der Waals surface area contributed by atoms with Crippen molar-refractivity contribution in [3.8, 4) is 10.8 Å². The smallest absolute Gasteiger partial charge is 0.277 e. The molecule has 0 fully saturated rings. The number of para-hydroxylation sites is 1. The van der Waals surface area contributed by atoms with Gasteiger partial charge in [-0.25, -0.2) is 0 Å². The number of thioether (sulfide) groups is 1. The summed E-state index contributed by atoms with van der Waals surface area (Å²) in [5, 5.41) is 13.1. The first-order valence-electron chi connectivity index (χ1n) is 6.73. The Labute approximate surface area is 146 Å². The maximum Gasteiger partial charge on any atom is 0.277 e. The van der Waals surface area contributed by atoms with Gasteiger partial charge in [-0.2, -0.15) is 0 Å². The Kier molecular flexibility index (Phi) is 5.00. The molecule has 3 aromatic rings. The van der Waals surface area contributed by atoms with Gasteiger partial charge in [0.15, 0.2) is 0 Å². The average Bonchev–Trinajstić information content (AvgIpc) is 3.20. The molecule has 0 saturated carbocycles. The van der Waals surface area contributed by atoms with Crippen LogP contribution in [0.4, 0.5) is 5.69 Å². The van der Waals surface area contributed by atoms with Gasteiger partial charge in [-0.1, -0.05) is 41.6 Å². The minimum absolute atomic E-state index is 0.182. The molecule has 8 heteroatoms. The number of carbonyl (C=O) groups excluding carboxylic acids is 1. The summed E-state index contributed by atoms with van der Waals surface area (Å²) in [5.41, 5.74) is 0.580. The van der Waals surface area contributed by atoms with Crippen LogP contribution in [-0.4, -0.2) is 21.4 Å². The van der Waals surface area contributed by atoms with Crippen LogP contribution in [0.2, 0.25) is 5.02 Å². The Morgan fingerprint density at radius 2 is 2.13 bits per heavy atom. The molecule has 0 radical (unpaired) electrons. The Morgan fingerprint density at radius 1 is 1.30 bits per heavy atom. The van der Waals surface area contributed by atoms with E-state index in [1.165, 1.54) is 23.1 Å². The lowest BCUT2D eigenvalue weighted by atomic mass is 10.3. The maximum atomic E-state index is 12.2. The Hall–Kier alpha value is -1.83. The van der Waals surface area contributed by atoms with Gasteiger partial charge in [-0.15, -0.1) is 21.5 Å². The van der Waals surface area contributed by atoms with E-state index in [9.17, 15) is 4.79 Å². The fourth-order valence-electron chi connectivity index (χ4n) is 1.76. The zero-order valence-electron chi connectivity index (χ0n) is 12.0. The van der Waals surface area contributed by atoms with E-state index in [0.717, 1.165) is 4.88 Å². The summed E-state index contributed by atoms with van der Waals surface area (Å²) in [6.45, 7) is 1.77. The topological polar surface area (TPSA) is 68.0 Å². The lowest BCUT2D eigenvalue weighted by Gasteiger charge is -2.10. The minimum Gasteiger partial charge on any atom is -0.410 e. The van der Waals surface area contributed by atoms with E-state index < -0.39 is 5.25 Å². The molecule has 1 amide bonds. The van der Waals surface area contributed by atoms with Crippen LogP contribution in [0.5, 0.6) is 0 Å². The minimum atomic E-state index is -0.400. The molecule has 118 valence electrons. The van der Waals surface area contributed by atoms with Gasteiger partial charge < -0.3 is 9.73 Å². The number of benzene rings is 1. The molecule has 23 heavy (non-hydrogen) atoms. The van der Waals surface area contributed by atoms with Crippen LogP contribution in [0.3, 0.4) is 0 Å². The van der Waals surface area contributed by atoms with Crippen molar-refractivity contribution in [3.63, 3.8) is 0 Å². The van der Waals surface area contributed by atoms with Gasteiger partial charge in [-0.3, -0.25) is 4.79 Å². The number of nitrogens with zero attached hydrogens (tertiary/aromatic N) is 2. The molecule has 0 aliphatic rings. The number of aromatic nitrogens is 2. The number of hydrogen-bond donors (Lipinski definition) is 1. The molecule has 1 unspecified atom stereocenters. The van der Waals surface area contributed by atoms with Crippen molar-refractivity contribution in [2.24, 2.45) is 0 Å². The van der Waals surface area contributed by atoms with Gasteiger partial charge >= 0.3 is 0 Å². The fourth-order valence-corrected chi connectivity index (χ4v) is 3.27. The summed E-state index contributed by atoms with van der Waals surface area (Å²) < 4.78 is 5.57. The van der Waals surface area contributed by atoms with Crippen molar-refractivity contribution in [1.82, 2.24) is 10.2 Å². The molecule has 0 aliphatic heterocycles. The second kappa shape index (κ2) is 7.16. The van der Waals surface area contributed by atoms with Crippen molar-refractivity contribution >= 4 is 46.3 Å². The third kappa shape index (κ3) is 3.93. The highest BCUT2D eigenvalue weighted by atomic mass is 35.5. The fraction of sp³-hybridized carbons (Fsp3) is 0.133. The highest BCUT2D eigenvalue weighted by Crippen LogP contribution is 2.29. The van der Waals surface area contributed by atoms with Crippen molar-refractivity contribution in [3.05, 3.63) is 46.8 Å². The van der Waals surface area contributed by atoms with Crippen LogP contribution in [0.15, 0.2) is 51.4 Å². The summed E-state index contributed by atoms with van der Waals surface area (Å²) in [5.74, 6) is 0.278. The molecular formula is C15H12ClN3O2S2. The molecule has 2 heterocycles. The quantitative estimate of drug-likeness (QED) is 0.671. The molecule has 1 aromatic carbocycles. The number of amides is 1. The van der Waals surface area contributed by atoms with E-state index in [2.05, 4.69) is 15.5 Å². The number of rotatable bonds is 5. The van der Waals surface area contributed by atoms with Crippen LogP contribution >= 0.6 is 34.7 Å². The summed E-state index contributed by atoms with van der Waals surface area (Å²) in [4.78, 5) is 13.1. The van der Waals surface area contributed by atoms with E-state index in [1.807, 2.05) is 23.6 Å². The van der Waals surface area contributed by atoms with E-state index >= 15 is 0 Å². The largest absolute Gasteiger partial charge is 0.410 e. The second-order valence-electron chi connectivity index (χ2n) is 4.58. The second-order valence-corrected chi connectivity index (χ2v) is 7.23. The Morgan fingerprint density at radius 3 is 2.87 bits per heavy atom. The molecule has 3 rings (SSSR count). The third-order valence-electron chi connectivity index (χ3n) is 2.92. The van der Waals surface area contributed by atoms with E-state index in [-0.39, 0.29) is 5.91 Å². The van der Waals surface area contributed by atoms with Crippen LogP contribution in [0.25, 0.3) is 10.8 Å². The number of nitrogens with one attached hydrogen (secondary N) is 1. The number of hydrogen-bond acceptors (Lipinski definition) is 6. The van der Waals surface area contributed by atoms with Crippen molar-refractivity contribution in [2.75, 3.05) is 5.32 Å². The summed E-state index contributed by atoms with van der Waals surface area (Å²) >= 11 is 8.75. The number of thiophene rings is 1. The van der Waals surface area contributed by atoms with Gasteiger partial charge in [0.1, 0.15) is 0 Å².